The number of esters is 1. The number of urea groups is 1. The second-order valence-electron chi connectivity index (χ2n) is 7.45. The molecule has 0 aliphatic carbocycles. The fourth-order valence-corrected chi connectivity index (χ4v) is 3.64. The zero-order valence-electron chi connectivity index (χ0n) is 17.8. The van der Waals surface area contributed by atoms with Crippen molar-refractivity contribution in [1.82, 2.24) is 10.6 Å². The number of carbonyl (C=O) groups is 2. The molecule has 0 aromatic heterocycles. The summed E-state index contributed by atoms with van der Waals surface area (Å²) in [6, 6.07) is 17.3. The van der Waals surface area contributed by atoms with E-state index in [9.17, 15) is 9.59 Å². The maximum atomic E-state index is 12.5. The van der Waals surface area contributed by atoms with Gasteiger partial charge in [-0.1, -0.05) is 55.8 Å². The Morgan fingerprint density at radius 1 is 1.10 bits per heavy atom. The topological polar surface area (TPSA) is 70.7 Å². The van der Waals surface area contributed by atoms with E-state index in [1.807, 2.05) is 49.5 Å². The van der Waals surface area contributed by atoms with Gasteiger partial charge in [0.2, 0.25) is 0 Å². The van der Waals surface area contributed by atoms with Crippen LogP contribution in [0.1, 0.15) is 43.4 Å². The van der Waals surface area contributed by atoms with Crippen molar-refractivity contribution in [1.29, 1.82) is 0 Å². The highest BCUT2D eigenvalue weighted by atomic mass is 16.5. The van der Waals surface area contributed by atoms with Crippen LogP contribution in [-0.2, 0) is 16.1 Å². The van der Waals surface area contributed by atoms with E-state index in [0.717, 1.165) is 30.6 Å². The van der Waals surface area contributed by atoms with Crippen LogP contribution < -0.4 is 15.5 Å². The first-order valence-corrected chi connectivity index (χ1v) is 10.3. The summed E-state index contributed by atoms with van der Waals surface area (Å²) in [5, 5.41) is 5.66. The Morgan fingerprint density at radius 3 is 2.43 bits per heavy atom. The number of nitrogens with zero attached hydrogens (tertiary/aromatic N) is 1. The predicted molar refractivity (Wildman–Crippen MR) is 118 cm³/mol. The molecule has 0 radical (unpaired) electrons. The summed E-state index contributed by atoms with van der Waals surface area (Å²) in [4.78, 5) is 26.9. The predicted octanol–water partition coefficient (Wildman–Crippen LogP) is 4.29. The number of nitrogens with one attached hydrogen (secondary N) is 2. The van der Waals surface area contributed by atoms with Crippen molar-refractivity contribution in [2.24, 2.45) is 0 Å². The zero-order valence-corrected chi connectivity index (χ0v) is 17.8. The van der Waals surface area contributed by atoms with E-state index in [4.69, 9.17) is 4.74 Å². The molecule has 1 atom stereocenters. The molecule has 2 amide bonds. The van der Waals surface area contributed by atoms with Gasteiger partial charge in [-0.05, 0) is 36.1 Å². The highest BCUT2D eigenvalue weighted by Gasteiger charge is 2.33. The minimum atomic E-state index is -0.536. The monoisotopic (exact) mass is 407 g/mol. The third-order valence-corrected chi connectivity index (χ3v) is 5.27. The first-order chi connectivity index (χ1) is 14.5. The van der Waals surface area contributed by atoms with Crippen LogP contribution in [-0.4, -0.2) is 26.2 Å². The van der Waals surface area contributed by atoms with Gasteiger partial charge in [-0.3, -0.25) is 0 Å². The molecule has 0 saturated heterocycles. The van der Waals surface area contributed by atoms with Crippen LogP contribution in [0.3, 0.4) is 0 Å². The number of methoxy groups -OCH3 is 1. The number of hydrogen-bond donors (Lipinski definition) is 2. The van der Waals surface area contributed by atoms with Gasteiger partial charge in [-0.15, -0.1) is 0 Å². The van der Waals surface area contributed by atoms with Gasteiger partial charge in [0.05, 0.1) is 18.7 Å². The molecule has 1 aliphatic rings. The van der Waals surface area contributed by atoms with Crippen molar-refractivity contribution in [2.45, 2.75) is 38.8 Å². The summed E-state index contributed by atoms with van der Waals surface area (Å²) in [6.07, 6.45) is 2.48. The van der Waals surface area contributed by atoms with Crippen molar-refractivity contribution in [3.63, 3.8) is 0 Å². The number of benzene rings is 2. The van der Waals surface area contributed by atoms with E-state index < -0.39 is 12.0 Å². The number of carbonyl (C=O) groups excluding carboxylic acids is 2. The molecule has 30 heavy (non-hydrogen) atoms. The van der Waals surface area contributed by atoms with Crippen LogP contribution in [0.15, 0.2) is 65.9 Å². The summed E-state index contributed by atoms with van der Waals surface area (Å²) in [6.45, 7) is 2.86. The van der Waals surface area contributed by atoms with Gasteiger partial charge in [0.15, 0.2) is 0 Å². The quantitative estimate of drug-likeness (QED) is 0.641. The Kier molecular flexibility index (Phi) is 7.12. The van der Waals surface area contributed by atoms with Crippen LogP contribution in [0.25, 0.3) is 0 Å². The Bertz CT molecular complexity index is 907. The second-order valence-corrected chi connectivity index (χ2v) is 7.45. The minimum absolute atomic E-state index is 0.302. The van der Waals surface area contributed by atoms with Crippen molar-refractivity contribution < 1.29 is 14.3 Å². The molecule has 1 unspecified atom stereocenters. The summed E-state index contributed by atoms with van der Waals surface area (Å²) < 4.78 is 5.02. The molecule has 0 bridgehead atoms. The Balaban J connectivity index is 1.85. The summed E-state index contributed by atoms with van der Waals surface area (Å²) in [7, 11) is 3.40. The van der Waals surface area contributed by atoms with E-state index in [1.54, 1.807) is 0 Å². The number of unbranched alkanes of at least 4 members (excludes halogenated alkanes) is 1. The van der Waals surface area contributed by atoms with Crippen LogP contribution in [0.4, 0.5) is 10.5 Å². The van der Waals surface area contributed by atoms with Crippen LogP contribution in [0, 0.1) is 0 Å². The lowest BCUT2D eigenvalue weighted by Gasteiger charge is -2.29. The van der Waals surface area contributed by atoms with Crippen LogP contribution in [0.5, 0.6) is 0 Å². The van der Waals surface area contributed by atoms with Crippen molar-refractivity contribution in [2.75, 3.05) is 19.1 Å². The van der Waals surface area contributed by atoms with E-state index >= 15 is 0 Å². The Hall–Kier alpha value is -3.28. The number of amides is 2. The van der Waals surface area contributed by atoms with E-state index in [-0.39, 0.29) is 6.03 Å². The molecule has 2 aromatic carbocycles. The Labute approximate surface area is 177 Å². The number of hydrogen-bond acceptors (Lipinski definition) is 4. The lowest BCUT2D eigenvalue weighted by atomic mass is 9.93. The highest BCUT2D eigenvalue weighted by Crippen LogP contribution is 2.30. The maximum absolute atomic E-state index is 12.5. The molecule has 6 nitrogen and oxygen atoms in total. The molecular formula is C24H29N3O3. The normalized spacial score (nSPS) is 16.0. The van der Waals surface area contributed by atoms with Gasteiger partial charge in [0.1, 0.15) is 0 Å². The van der Waals surface area contributed by atoms with Gasteiger partial charge in [0.25, 0.3) is 0 Å². The third-order valence-electron chi connectivity index (χ3n) is 5.27. The molecule has 158 valence electrons. The number of rotatable bonds is 8. The summed E-state index contributed by atoms with van der Waals surface area (Å²) in [5.41, 5.74) is 4.23. The number of anilines is 1. The molecule has 0 spiro atoms. The molecule has 2 N–H and O–H groups in total. The standard InChI is InChI=1S/C24H29N3O3/c1-4-5-11-20-21(23(28)30-3)22(26-24(29)25-20)18-12-14-19(15-13-18)27(2)16-17-9-7-6-8-10-17/h6-10,12-15,22H,4-5,11,16H2,1-3H3,(H2,25,26,29). The van der Waals surface area contributed by atoms with E-state index in [0.29, 0.717) is 17.7 Å². The van der Waals surface area contributed by atoms with Gasteiger partial charge in [-0.25, -0.2) is 9.59 Å². The van der Waals surface area contributed by atoms with E-state index in [1.165, 1.54) is 12.7 Å². The van der Waals surface area contributed by atoms with Crippen molar-refractivity contribution in [3.8, 4) is 0 Å². The molecule has 6 heteroatoms. The first kappa shape index (κ1) is 21.4. The molecule has 0 fully saturated rings. The maximum Gasteiger partial charge on any atom is 0.337 e. The summed E-state index contributed by atoms with van der Waals surface area (Å²) >= 11 is 0. The molecule has 2 aromatic rings. The van der Waals surface area contributed by atoms with Crippen LogP contribution >= 0.6 is 0 Å². The number of allylic oxidation sites excluding steroid dienone is 1. The molecule has 0 saturated carbocycles. The Morgan fingerprint density at radius 2 is 1.80 bits per heavy atom. The lowest BCUT2D eigenvalue weighted by Crippen LogP contribution is -2.45. The second kappa shape index (κ2) is 9.96. The molecule has 3 rings (SSSR count). The minimum Gasteiger partial charge on any atom is -0.466 e. The highest BCUT2D eigenvalue weighted by molar-refractivity contribution is 5.95. The summed E-state index contributed by atoms with van der Waals surface area (Å²) in [5.74, 6) is -0.427. The first-order valence-electron chi connectivity index (χ1n) is 10.3. The van der Waals surface area contributed by atoms with Crippen molar-refractivity contribution >= 4 is 17.7 Å². The van der Waals surface area contributed by atoms with Crippen LogP contribution in [0.2, 0.25) is 0 Å². The SMILES string of the molecule is CCCCC1=C(C(=O)OC)C(c2ccc(N(C)Cc3ccccc3)cc2)NC(=O)N1. The molecule has 1 heterocycles. The number of ether oxygens (including phenoxy) is 1. The van der Waals surface area contributed by atoms with Gasteiger partial charge < -0.3 is 20.3 Å². The third kappa shape index (κ3) is 5.00. The van der Waals surface area contributed by atoms with Gasteiger partial charge >= 0.3 is 12.0 Å². The average Bonchev–Trinajstić information content (AvgIpc) is 2.77. The lowest BCUT2D eigenvalue weighted by molar-refractivity contribution is -0.136. The molecule has 1 aliphatic heterocycles. The average molecular weight is 408 g/mol. The smallest absolute Gasteiger partial charge is 0.337 e. The fourth-order valence-electron chi connectivity index (χ4n) is 3.64. The van der Waals surface area contributed by atoms with Gasteiger partial charge in [-0.2, -0.15) is 0 Å². The van der Waals surface area contributed by atoms with Gasteiger partial charge in [0, 0.05) is 25.0 Å². The largest absolute Gasteiger partial charge is 0.466 e. The van der Waals surface area contributed by atoms with E-state index in [2.05, 4.69) is 34.6 Å². The zero-order chi connectivity index (χ0) is 21.5. The van der Waals surface area contributed by atoms with Crippen molar-refractivity contribution in [3.05, 3.63) is 77.0 Å². The molecular weight excluding hydrogens is 378 g/mol. The fraction of sp³-hybridized carbons (Fsp3) is 0.333.